The number of rotatable bonds is 4. The number of nitrogens with zero attached hydrogens (tertiary/aromatic N) is 3. The summed E-state index contributed by atoms with van der Waals surface area (Å²) in [6.07, 6.45) is -1.57. The van der Waals surface area contributed by atoms with Crippen LogP contribution in [0.2, 0.25) is 0 Å². The molecular weight excluding hydrogens is 383 g/mol. The summed E-state index contributed by atoms with van der Waals surface area (Å²) in [5.41, 5.74) is 0.992. The Morgan fingerprint density at radius 3 is 2.59 bits per heavy atom. The van der Waals surface area contributed by atoms with Gasteiger partial charge in [0.25, 0.3) is 5.91 Å². The Kier molecular flexibility index (Phi) is 5.08. The minimum absolute atomic E-state index is 0.120. The van der Waals surface area contributed by atoms with Gasteiger partial charge in [-0.25, -0.2) is 4.98 Å². The van der Waals surface area contributed by atoms with Crippen molar-refractivity contribution in [3.63, 3.8) is 0 Å². The third-order valence-electron chi connectivity index (χ3n) is 4.83. The Bertz CT molecular complexity index is 998. The molecule has 0 aliphatic carbocycles. The fraction of sp³-hybridized carbons (Fsp3) is 0.286. The molecule has 0 atom stereocenters. The van der Waals surface area contributed by atoms with Gasteiger partial charge in [0.15, 0.2) is 5.89 Å². The standard InChI is InChI=1S/C21H18F3N3O2/c22-21(23,24)18-8-7-15(12-25-18)20(28)27-11-10-17-16(13-27)26-19(29-17)9-6-14-4-2-1-3-5-14/h1-5,7-8,12H,6,9-11,13H2. The van der Waals surface area contributed by atoms with Crippen molar-refractivity contribution in [2.24, 2.45) is 0 Å². The monoisotopic (exact) mass is 401 g/mol. The molecule has 0 radical (unpaired) electrons. The quantitative estimate of drug-likeness (QED) is 0.661. The van der Waals surface area contributed by atoms with Gasteiger partial charge in [-0.05, 0) is 24.1 Å². The molecule has 2 aromatic heterocycles. The van der Waals surface area contributed by atoms with Gasteiger partial charge in [0.2, 0.25) is 0 Å². The molecule has 0 unspecified atom stereocenters. The smallest absolute Gasteiger partial charge is 0.433 e. The highest BCUT2D eigenvalue weighted by molar-refractivity contribution is 5.94. The summed E-state index contributed by atoms with van der Waals surface area (Å²) >= 11 is 0. The molecule has 5 nitrogen and oxygen atoms in total. The van der Waals surface area contributed by atoms with Gasteiger partial charge in [0, 0.05) is 25.6 Å². The number of oxazole rings is 1. The highest BCUT2D eigenvalue weighted by atomic mass is 19.4. The van der Waals surface area contributed by atoms with Crippen LogP contribution in [0.3, 0.4) is 0 Å². The van der Waals surface area contributed by atoms with Crippen LogP contribution in [0.4, 0.5) is 13.2 Å². The van der Waals surface area contributed by atoms with E-state index in [0.717, 1.165) is 30.5 Å². The maximum absolute atomic E-state index is 12.6. The van der Waals surface area contributed by atoms with E-state index < -0.39 is 11.9 Å². The van der Waals surface area contributed by atoms with E-state index in [4.69, 9.17) is 4.42 Å². The average molecular weight is 401 g/mol. The van der Waals surface area contributed by atoms with Gasteiger partial charge < -0.3 is 9.32 Å². The molecule has 1 amide bonds. The molecule has 8 heteroatoms. The largest absolute Gasteiger partial charge is 0.445 e. The molecule has 0 fully saturated rings. The third kappa shape index (κ3) is 4.31. The number of fused-ring (bicyclic) bond motifs is 1. The predicted molar refractivity (Wildman–Crippen MR) is 98.0 cm³/mol. The Labute approximate surface area is 165 Å². The van der Waals surface area contributed by atoms with Gasteiger partial charge in [-0.15, -0.1) is 0 Å². The molecule has 0 bridgehead atoms. The van der Waals surface area contributed by atoms with Crippen LogP contribution in [-0.4, -0.2) is 27.3 Å². The summed E-state index contributed by atoms with van der Waals surface area (Å²) in [6, 6.07) is 12.0. The zero-order valence-electron chi connectivity index (χ0n) is 15.4. The van der Waals surface area contributed by atoms with E-state index in [2.05, 4.69) is 9.97 Å². The zero-order chi connectivity index (χ0) is 20.4. The average Bonchev–Trinajstić information content (AvgIpc) is 3.14. The van der Waals surface area contributed by atoms with Crippen molar-refractivity contribution in [3.8, 4) is 0 Å². The molecule has 0 N–H and O–H groups in total. The van der Waals surface area contributed by atoms with Crippen LogP contribution in [0.15, 0.2) is 53.1 Å². The van der Waals surface area contributed by atoms with Crippen LogP contribution in [0, 0.1) is 0 Å². The topological polar surface area (TPSA) is 59.2 Å². The van der Waals surface area contributed by atoms with Gasteiger partial charge >= 0.3 is 6.18 Å². The Morgan fingerprint density at radius 2 is 1.90 bits per heavy atom. The van der Waals surface area contributed by atoms with E-state index in [9.17, 15) is 18.0 Å². The first kappa shape index (κ1) is 19.2. The molecule has 3 heterocycles. The summed E-state index contributed by atoms with van der Waals surface area (Å²) in [5.74, 6) is 1.03. The lowest BCUT2D eigenvalue weighted by atomic mass is 10.1. The Morgan fingerprint density at radius 1 is 1.10 bits per heavy atom. The van der Waals surface area contributed by atoms with Crippen molar-refractivity contribution in [1.82, 2.24) is 14.9 Å². The third-order valence-corrected chi connectivity index (χ3v) is 4.83. The molecule has 0 saturated carbocycles. The summed E-state index contributed by atoms with van der Waals surface area (Å²) in [5, 5.41) is 0. The van der Waals surface area contributed by atoms with Crippen LogP contribution in [-0.2, 0) is 32.0 Å². The summed E-state index contributed by atoms with van der Waals surface area (Å²) in [6.45, 7) is 0.685. The molecule has 4 rings (SSSR count). The van der Waals surface area contributed by atoms with E-state index in [1.807, 2.05) is 30.3 Å². The summed E-state index contributed by atoms with van der Waals surface area (Å²) < 4.78 is 43.7. The van der Waals surface area contributed by atoms with Crippen molar-refractivity contribution < 1.29 is 22.4 Å². The number of aromatic nitrogens is 2. The van der Waals surface area contributed by atoms with E-state index in [0.29, 0.717) is 31.0 Å². The molecule has 29 heavy (non-hydrogen) atoms. The normalized spacial score (nSPS) is 14.0. The van der Waals surface area contributed by atoms with E-state index >= 15 is 0 Å². The number of hydrogen-bond donors (Lipinski definition) is 0. The zero-order valence-corrected chi connectivity index (χ0v) is 15.4. The number of halogens is 3. The second-order valence-corrected chi connectivity index (χ2v) is 6.87. The number of hydrogen-bond acceptors (Lipinski definition) is 4. The van der Waals surface area contributed by atoms with Crippen molar-refractivity contribution >= 4 is 5.91 Å². The maximum Gasteiger partial charge on any atom is 0.433 e. The fourth-order valence-electron chi connectivity index (χ4n) is 3.30. The minimum Gasteiger partial charge on any atom is -0.445 e. The molecule has 1 aliphatic rings. The highest BCUT2D eigenvalue weighted by Gasteiger charge is 2.33. The van der Waals surface area contributed by atoms with Gasteiger partial charge in [0.05, 0.1) is 12.1 Å². The maximum atomic E-state index is 12.6. The van der Waals surface area contributed by atoms with E-state index in [1.54, 1.807) is 4.90 Å². The molecule has 1 aromatic carbocycles. The lowest BCUT2D eigenvalue weighted by Crippen LogP contribution is -2.35. The second-order valence-electron chi connectivity index (χ2n) is 6.87. The fourth-order valence-corrected chi connectivity index (χ4v) is 3.30. The first-order valence-electron chi connectivity index (χ1n) is 9.24. The number of benzene rings is 1. The minimum atomic E-state index is -4.53. The van der Waals surface area contributed by atoms with Crippen LogP contribution >= 0.6 is 0 Å². The van der Waals surface area contributed by atoms with Gasteiger partial charge in [-0.3, -0.25) is 9.78 Å². The Balaban J connectivity index is 1.41. The number of alkyl halides is 3. The van der Waals surface area contributed by atoms with Crippen molar-refractivity contribution in [2.75, 3.05) is 6.54 Å². The van der Waals surface area contributed by atoms with Crippen molar-refractivity contribution in [1.29, 1.82) is 0 Å². The van der Waals surface area contributed by atoms with Crippen LogP contribution in [0.25, 0.3) is 0 Å². The summed E-state index contributed by atoms with van der Waals surface area (Å²) in [4.78, 5) is 22.1. The number of carbonyl (C=O) groups excluding carboxylic acids is 1. The van der Waals surface area contributed by atoms with Crippen molar-refractivity contribution in [3.05, 3.63) is 82.8 Å². The second kappa shape index (κ2) is 7.69. The highest BCUT2D eigenvalue weighted by Crippen LogP contribution is 2.28. The van der Waals surface area contributed by atoms with Crippen LogP contribution in [0.5, 0.6) is 0 Å². The van der Waals surface area contributed by atoms with Gasteiger partial charge in [0.1, 0.15) is 17.1 Å². The van der Waals surface area contributed by atoms with Gasteiger partial charge in [-0.1, -0.05) is 30.3 Å². The van der Waals surface area contributed by atoms with E-state index in [-0.39, 0.29) is 18.0 Å². The molecule has 1 aliphatic heterocycles. The summed E-state index contributed by atoms with van der Waals surface area (Å²) in [7, 11) is 0. The first-order chi connectivity index (χ1) is 13.9. The number of carbonyl (C=O) groups is 1. The SMILES string of the molecule is O=C(c1ccc(C(F)(F)F)nc1)N1CCc2oc(CCc3ccccc3)nc2C1. The Hall–Kier alpha value is -3.16. The van der Waals surface area contributed by atoms with Gasteiger partial charge in [-0.2, -0.15) is 13.2 Å². The molecule has 0 saturated heterocycles. The first-order valence-corrected chi connectivity index (χ1v) is 9.24. The number of aryl methyl sites for hydroxylation is 2. The molecular formula is C21H18F3N3O2. The van der Waals surface area contributed by atoms with Crippen molar-refractivity contribution in [2.45, 2.75) is 32.0 Å². The lowest BCUT2D eigenvalue weighted by molar-refractivity contribution is -0.141. The molecule has 0 spiro atoms. The number of amides is 1. The molecule has 3 aromatic rings. The number of pyridine rings is 1. The predicted octanol–water partition coefficient (Wildman–Crippen LogP) is 4.07. The van der Waals surface area contributed by atoms with Crippen LogP contribution < -0.4 is 0 Å². The lowest BCUT2D eigenvalue weighted by Gasteiger charge is -2.25. The van der Waals surface area contributed by atoms with Crippen LogP contribution in [0.1, 0.15) is 39.0 Å². The van der Waals surface area contributed by atoms with E-state index in [1.165, 1.54) is 5.56 Å². The molecule has 150 valence electrons.